The highest BCUT2D eigenvalue weighted by atomic mass is 16.5. The molecule has 3 aromatic rings. The lowest BCUT2D eigenvalue weighted by Gasteiger charge is -2.41. The molecule has 3 aliphatic rings. The van der Waals surface area contributed by atoms with E-state index in [4.69, 9.17) is 9.26 Å². The number of likely N-dealkylation sites (tertiary alicyclic amines) is 1. The second-order valence-electron chi connectivity index (χ2n) is 10.7. The van der Waals surface area contributed by atoms with Crippen LogP contribution in [0.25, 0.3) is 11.3 Å². The van der Waals surface area contributed by atoms with E-state index in [1.165, 1.54) is 37.1 Å². The Hall–Kier alpha value is -3.12. The largest absolute Gasteiger partial charge is 0.485 e. The first-order chi connectivity index (χ1) is 17.6. The number of benzene rings is 2. The van der Waals surface area contributed by atoms with Crippen molar-refractivity contribution in [2.45, 2.75) is 76.5 Å². The van der Waals surface area contributed by atoms with Gasteiger partial charge in [0.15, 0.2) is 0 Å². The van der Waals surface area contributed by atoms with Crippen molar-refractivity contribution >= 4 is 5.91 Å². The average Bonchev–Trinajstić information content (AvgIpc) is 3.41. The molecule has 1 N–H and O–H groups in total. The maximum atomic E-state index is 13.1. The highest BCUT2D eigenvalue weighted by Crippen LogP contribution is 2.42. The van der Waals surface area contributed by atoms with Gasteiger partial charge in [0.1, 0.15) is 23.8 Å². The second kappa shape index (κ2) is 9.74. The van der Waals surface area contributed by atoms with Crippen LogP contribution in [0.4, 0.5) is 0 Å². The van der Waals surface area contributed by atoms with Crippen molar-refractivity contribution in [1.82, 2.24) is 15.4 Å². The van der Waals surface area contributed by atoms with Gasteiger partial charge in [-0.25, -0.2) is 0 Å². The minimum Gasteiger partial charge on any atom is -0.485 e. The molecule has 2 aliphatic heterocycles. The first-order valence-corrected chi connectivity index (χ1v) is 13.4. The lowest BCUT2D eigenvalue weighted by Crippen LogP contribution is -2.46. The minimum atomic E-state index is -0.109. The number of aromatic nitrogens is 1. The zero-order valence-electron chi connectivity index (χ0n) is 21.2. The van der Waals surface area contributed by atoms with Crippen molar-refractivity contribution in [2.75, 3.05) is 13.1 Å². The van der Waals surface area contributed by atoms with E-state index in [-0.39, 0.29) is 18.1 Å². The number of hydrogen-bond acceptors (Lipinski definition) is 5. The fourth-order valence-electron chi connectivity index (χ4n) is 6.42. The number of amides is 1. The number of hydrogen-bond donors (Lipinski definition) is 1. The molecule has 3 heterocycles. The standard InChI is InChI=1S/C30H35N3O3/c1-19-5-3-4-6-25(19)21-13-15-33(16-14-21)24-10-8-23(9-11-24)31-30(34)22-7-12-28-26(17-22)29-27(18-35-32-29)20(2)36-28/h3-7,12,17-18,20-21,23-24H,8-11,13-16H2,1-2H3,(H,31,34). The summed E-state index contributed by atoms with van der Waals surface area (Å²) in [6, 6.07) is 15.3. The van der Waals surface area contributed by atoms with E-state index in [0.29, 0.717) is 17.5 Å². The Labute approximate surface area is 213 Å². The van der Waals surface area contributed by atoms with Crippen LogP contribution in [0.15, 0.2) is 53.3 Å². The lowest BCUT2D eigenvalue weighted by atomic mass is 9.84. The molecule has 1 saturated carbocycles. The predicted octanol–water partition coefficient (Wildman–Crippen LogP) is 6.02. The van der Waals surface area contributed by atoms with Crippen LogP contribution >= 0.6 is 0 Å². The molecule has 6 rings (SSSR count). The molecule has 2 aromatic carbocycles. The Balaban J connectivity index is 1.02. The quantitative estimate of drug-likeness (QED) is 0.489. The summed E-state index contributed by atoms with van der Waals surface area (Å²) in [6.07, 6.45) is 8.38. The molecule has 188 valence electrons. The molecule has 6 heteroatoms. The van der Waals surface area contributed by atoms with E-state index < -0.39 is 0 Å². The van der Waals surface area contributed by atoms with Crippen molar-refractivity contribution in [2.24, 2.45) is 0 Å². The number of nitrogens with zero attached hydrogens (tertiary/aromatic N) is 2. The van der Waals surface area contributed by atoms with Gasteiger partial charge >= 0.3 is 0 Å². The zero-order valence-corrected chi connectivity index (χ0v) is 21.2. The Morgan fingerprint density at radius 3 is 2.56 bits per heavy atom. The maximum Gasteiger partial charge on any atom is 0.251 e. The van der Waals surface area contributed by atoms with Gasteiger partial charge in [0.2, 0.25) is 0 Å². The highest BCUT2D eigenvalue weighted by Gasteiger charge is 2.31. The van der Waals surface area contributed by atoms with Gasteiger partial charge in [-0.1, -0.05) is 29.4 Å². The molecule has 0 bridgehead atoms. The molecule has 1 aromatic heterocycles. The van der Waals surface area contributed by atoms with Crippen molar-refractivity contribution in [3.8, 4) is 17.0 Å². The van der Waals surface area contributed by atoms with Crippen molar-refractivity contribution in [3.63, 3.8) is 0 Å². The third kappa shape index (κ3) is 4.43. The average molecular weight is 486 g/mol. The summed E-state index contributed by atoms with van der Waals surface area (Å²) in [7, 11) is 0. The molecule has 6 nitrogen and oxygen atoms in total. The van der Waals surface area contributed by atoms with Gasteiger partial charge < -0.3 is 19.5 Å². The predicted molar refractivity (Wildman–Crippen MR) is 139 cm³/mol. The smallest absolute Gasteiger partial charge is 0.251 e. The number of aryl methyl sites for hydroxylation is 1. The van der Waals surface area contributed by atoms with Crippen LogP contribution in [-0.4, -0.2) is 41.1 Å². The monoisotopic (exact) mass is 485 g/mol. The number of piperidine rings is 1. The van der Waals surface area contributed by atoms with E-state index in [0.717, 1.165) is 48.3 Å². The first kappa shape index (κ1) is 23.3. The highest BCUT2D eigenvalue weighted by molar-refractivity contribution is 5.96. The Kier molecular flexibility index (Phi) is 6.30. The number of ether oxygens (including phenoxy) is 1. The van der Waals surface area contributed by atoms with Gasteiger partial charge in [0.05, 0.1) is 5.56 Å². The van der Waals surface area contributed by atoms with Crippen molar-refractivity contribution in [3.05, 3.63) is 71.0 Å². The van der Waals surface area contributed by atoms with E-state index in [2.05, 4.69) is 46.6 Å². The fraction of sp³-hybridized carbons (Fsp3) is 0.467. The van der Waals surface area contributed by atoms with E-state index in [1.54, 1.807) is 6.26 Å². The molecule has 1 unspecified atom stereocenters. The molecule has 1 amide bonds. The first-order valence-electron chi connectivity index (χ1n) is 13.4. The van der Waals surface area contributed by atoms with E-state index >= 15 is 0 Å². The minimum absolute atomic E-state index is 0.0241. The van der Waals surface area contributed by atoms with Gasteiger partial charge in [0, 0.05) is 23.2 Å². The van der Waals surface area contributed by atoms with Crippen LogP contribution in [0, 0.1) is 6.92 Å². The number of fused-ring (bicyclic) bond motifs is 3. The summed E-state index contributed by atoms with van der Waals surface area (Å²) in [5.41, 5.74) is 6.11. The second-order valence-corrected chi connectivity index (χ2v) is 10.7. The van der Waals surface area contributed by atoms with Crippen molar-refractivity contribution < 1.29 is 14.1 Å². The molecule has 2 fully saturated rings. The van der Waals surface area contributed by atoms with Crippen LogP contribution in [-0.2, 0) is 0 Å². The summed E-state index contributed by atoms with van der Waals surface area (Å²) < 4.78 is 11.1. The van der Waals surface area contributed by atoms with Gasteiger partial charge in [-0.05, 0) is 101 Å². The Morgan fingerprint density at radius 2 is 1.78 bits per heavy atom. The van der Waals surface area contributed by atoms with Crippen LogP contribution < -0.4 is 10.1 Å². The summed E-state index contributed by atoms with van der Waals surface area (Å²) in [6.45, 7) is 6.57. The number of nitrogens with one attached hydrogen (secondary N) is 1. The van der Waals surface area contributed by atoms with Crippen molar-refractivity contribution in [1.29, 1.82) is 0 Å². The van der Waals surface area contributed by atoms with E-state index in [1.807, 2.05) is 25.1 Å². The summed E-state index contributed by atoms with van der Waals surface area (Å²) in [4.78, 5) is 15.8. The number of rotatable bonds is 4. The third-order valence-corrected chi connectivity index (χ3v) is 8.54. The lowest BCUT2D eigenvalue weighted by molar-refractivity contribution is 0.0878. The third-order valence-electron chi connectivity index (χ3n) is 8.54. The maximum absolute atomic E-state index is 13.1. The van der Waals surface area contributed by atoms with Gasteiger partial charge in [-0.3, -0.25) is 4.79 Å². The fourth-order valence-corrected chi connectivity index (χ4v) is 6.42. The van der Waals surface area contributed by atoms with Crippen LogP contribution in [0.2, 0.25) is 0 Å². The van der Waals surface area contributed by atoms with Crippen LogP contribution in [0.3, 0.4) is 0 Å². The topological polar surface area (TPSA) is 67.6 Å². The molecule has 0 spiro atoms. The number of carbonyl (C=O) groups is 1. The molecule has 36 heavy (non-hydrogen) atoms. The Morgan fingerprint density at radius 1 is 1.00 bits per heavy atom. The van der Waals surface area contributed by atoms with Gasteiger partial charge in [-0.15, -0.1) is 0 Å². The Bertz CT molecular complexity index is 1240. The molecule has 1 saturated heterocycles. The van der Waals surface area contributed by atoms with Gasteiger partial charge in [-0.2, -0.15) is 0 Å². The molecule has 0 radical (unpaired) electrons. The molecule has 1 atom stereocenters. The molecular weight excluding hydrogens is 450 g/mol. The zero-order chi connectivity index (χ0) is 24.6. The summed E-state index contributed by atoms with van der Waals surface area (Å²) in [5.74, 6) is 1.41. The van der Waals surface area contributed by atoms with Crippen LogP contribution in [0.1, 0.15) is 84.5 Å². The molecular formula is C30H35N3O3. The van der Waals surface area contributed by atoms with Gasteiger partial charge in [0.25, 0.3) is 5.91 Å². The summed E-state index contributed by atoms with van der Waals surface area (Å²) in [5, 5.41) is 7.44. The summed E-state index contributed by atoms with van der Waals surface area (Å²) >= 11 is 0. The van der Waals surface area contributed by atoms with Crippen LogP contribution in [0.5, 0.6) is 5.75 Å². The normalized spacial score (nSPS) is 24.4. The SMILES string of the molecule is Cc1ccccc1C1CCN(C2CCC(NC(=O)c3ccc4c(c3)-c3nocc3C(C)O4)CC2)CC1. The number of carbonyl (C=O) groups excluding carboxylic acids is 1. The van der Waals surface area contributed by atoms with E-state index in [9.17, 15) is 4.79 Å². The molecule has 1 aliphatic carbocycles.